The number of hydrogen-bond donors (Lipinski definition) is 1. The highest BCUT2D eigenvalue weighted by Crippen LogP contribution is 2.26. The minimum absolute atomic E-state index is 0.459. The Balaban J connectivity index is 2.49. The molecule has 72 valence electrons. The van der Waals surface area contributed by atoms with Gasteiger partial charge in [-0.15, -0.1) is 0 Å². The van der Waals surface area contributed by atoms with Gasteiger partial charge in [0.25, 0.3) is 0 Å². The average Bonchev–Trinajstić information content (AvgIpc) is 2.50. The number of hydrogen-bond acceptors (Lipinski definition) is 3. The summed E-state index contributed by atoms with van der Waals surface area (Å²) in [5.74, 6) is 1.21. The number of nitrogen functional groups attached to an aromatic ring is 1. The molecule has 1 aromatic carbocycles. The summed E-state index contributed by atoms with van der Waals surface area (Å²) in [5, 5.41) is 3.72. The van der Waals surface area contributed by atoms with Gasteiger partial charge in [-0.2, -0.15) is 0 Å². The zero-order chi connectivity index (χ0) is 10.1. The summed E-state index contributed by atoms with van der Waals surface area (Å²) in [6.07, 6.45) is 0. The number of nitrogens with two attached hydrogens (primary N) is 1. The Morgan fingerprint density at radius 3 is 2.29 bits per heavy atom. The third-order valence-electron chi connectivity index (χ3n) is 2.27. The van der Waals surface area contributed by atoms with Crippen molar-refractivity contribution in [3.63, 3.8) is 0 Å². The molecule has 0 bridgehead atoms. The van der Waals surface area contributed by atoms with Crippen LogP contribution in [0, 0.1) is 13.8 Å². The highest BCUT2D eigenvalue weighted by Gasteiger charge is 2.10. The lowest BCUT2D eigenvalue weighted by molar-refractivity contribution is 0.435. The first-order valence-electron chi connectivity index (χ1n) is 4.47. The minimum Gasteiger partial charge on any atom is -0.381 e. The summed E-state index contributed by atoms with van der Waals surface area (Å²) in [7, 11) is 0. The molecule has 0 amide bonds. The van der Waals surface area contributed by atoms with E-state index in [4.69, 9.17) is 10.3 Å². The fourth-order valence-electron chi connectivity index (χ4n) is 1.32. The Morgan fingerprint density at radius 1 is 1.14 bits per heavy atom. The van der Waals surface area contributed by atoms with Crippen molar-refractivity contribution in [1.29, 1.82) is 0 Å². The van der Waals surface area contributed by atoms with E-state index in [2.05, 4.69) is 5.16 Å². The van der Waals surface area contributed by atoms with Crippen LogP contribution in [-0.2, 0) is 0 Å². The molecule has 2 N–H and O–H groups in total. The predicted molar refractivity (Wildman–Crippen MR) is 55.8 cm³/mol. The van der Waals surface area contributed by atoms with E-state index < -0.39 is 0 Å². The van der Waals surface area contributed by atoms with Crippen LogP contribution in [0.1, 0.15) is 11.1 Å². The van der Waals surface area contributed by atoms with E-state index in [0.717, 1.165) is 16.9 Å². The number of aromatic nitrogens is 1. The second-order valence-electron chi connectivity index (χ2n) is 3.39. The lowest BCUT2D eigenvalue weighted by atomic mass is 10.1. The Labute approximate surface area is 82.5 Å². The normalized spacial score (nSPS) is 10.4. The SMILES string of the molecule is Cc1ccc(-c2onc(N)c2C)cc1. The van der Waals surface area contributed by atoms with Crippen molar-refractivity contribution in [2.75, 3.05) is 5.73 Å². The van der Waals surface area contributed by atoms with Gasteiger partial charge in [-0.05, 0) is 13.8 Å². The summed E-state index contributed by atoms with van der Waals surface area (Å²) < 4.78 is 5.15. The average molecular weight is 188 g/mol. The van der Waals surface area contributed by atoms with Crippen LogP contribution in [0.2, 0.25) is 0 Å². The molecule has 0 atom stereocenters. The maximum Gasteiger partial charge on any atom is 0.171 e. The zero-order valence-corrected chi connectivity index (χ0v) is 8.24. The molecule has 3 nitrogen and oxygen atoms in total. The van der Waals surface area contributed by atoms with Crippen molar-refractivity contribution in [3.05, 3.63) is 35.4 Å². The summed E-state index contributed by atoms with van der Waals surface area (Å²) in [6.45, 7) is 3.95. The van der Waals surface area contributed by atoms with E-state index in [1.54, 1.807) is 0 Å². The molecule has 0 saturated heterocycles. The van der Waals surface area contributed by atoms with Gasteiger partial charge in [0, 0.05) is 11.1 Å². The van der Waals surface area contributed by atoms with Crippen LogP contribution in [0.5, 0.6) is 0 Å². The maximum atomic E-state index is 5.60. The number of anilines is 1. The quantitative estimate of drug-likeness (QED) is 0.748. The molecule has 0 radical (unpaired) electrons. The van der Waals surface area contributed by atoms with Crippen molar-refractivity contribution in [2.45, 2.75) is 13.8 Å². The number of rotatable bonds is 1. The van der Waals surface area contributed by atoms with Gasteiger partial charge >= 0.3 is 0 Å². The van der Waals surface area contributed by atoms with Gasteiger partial charge < -0.3 is 10.3 Å². The summed E-state index contributed by atoms with van der Waals surface area (Å²) >= 11 is 0. The summed E-state index contributed by atoms with van der Waals surface area (Å²) in [6, 6.07) is 8.07. The molecule has 0 saturated carbocycles. The Morgan fingerprint density at radius 2 is 1.79 bits per heavy atom. The highest BCUT2D eigenvalue weighted by molar-refractivity contribution is 5.65. The molecule has 1 aromatic heterocycles. The Hall–Kier alpha value is -1.77. The maximum absolute atomic E-state index is 5.60. The Bertz CT molecular complexity index is 443. The zero-order valence-electron chi connectivity index (χ0n) is 8.24. The first-order valence-corrected chi connectivity index (χ1v) is 4.47. The van der Waals surface area contributed by atoms with Crippen LogP contribution in [-0.4, -0.2) is 5.16 Å². The number of nitrogens with zero attached hydrogens (tertiary/aromatic N) is 1. The number of aryl methyl sites for hydroxylation is 1. The predicted octanol–water partition coefficient (Wildman–Crippen LogP) is 2.54. The molecule has 1 heterocycles. The van der Waals surface area contributed by atoms with Crippen LogP contribution in [0.3, 0.4) is 0 Å². The van der Waals surface area contributed by atoms with Crippen LogP contribution in [0.15, 0.2) is 28.8 Å². The third kappa shape index (κ3) is 1.37. The number of benzene rings is 1. The molecule has 0 aliphatic rings. The summed E-state index contributed by atoms with van der Waals surface area (Å²) in [4.78, 5) is 0. The fourth-order valence-corrected chi connectivity index (χ4v) is 1.32. The van der Waals surface area contributed by atoms with Crippen LogP contribution in [0.4, 0.5) is 5.82 Å². The molecule has 3 heteroatoms. The monoisotopic (exact) mass is 188 g/mol. The van der Waals surface area contributed by atoms with E-state index in [1.165, 1.54) is 5.56 Å². The molecule has 0 aliphatic carbocycles. The first-order chi connectivity index (χ1) is 6.68. The molecule has 0 spiro atoms. The first kappa shape index (κ1) is 8.81. The van der Waals surface area contributed by atoms with Gasteiger partial charge in [0.15, 0.2) is 11.6 Å². The molecule has 0 unspecified atom stereocenters. The van der Waals surface area contributed by atoms with Crippen molar-refractivity contribution in [3.8, 4) is 11.3 Å². The minimum atomic E-state index is 0.459. The second-order valence-corrected chi connectivity index (χ2v) is 3.39. The smallest absolute Gasteiger partial charge is 0.171 e. The highest BCUT2D eigenvalue weighted by atomic mass is 16.5. The van der Waals surface area contributed by atoms with Crippen molar-refractivity contribution in [1.82, 2.24) is 5.16 Å². The van der Waals surface area contributed by atoms with Crippen molar-refractivity contribution in [2.24, 2.45) is 0 Å². The van der Waals surface area contributed by atoms with Gasteiger partial charge in [-0.25, -0.2) is 0 Å². The lowest BCUT2D eigenvalue weighted by Gasteiger charge is -1.97. The van der Waals surface area contributed by atoms with Crippen LogP contribution >= 0.6 is 0 Å². The van der Waals surface area contributed by atoms with Gasteiger partial charge in [0.05, 0.1) is 0 Å². The molecular weight excluding hydrogens is 176 g/mol. The topological polar surface area (TPSA) is 52.0 Å². The lowest BCUT2D eigenvalue weighted by Crippen LogP contribution is -1.86. The molecule has 0 fully saturated rings. The van der Waals surface area contributed by atoms with E-state index >= 15 is 0 Å². The van der Waals surface area contributed by atoms with E-state index in [9.17, 15) is 0 Å². The second kappa shape index (κ2) is 3.18. The van der Waals surface area contributed by atoms with Gasteiger partial charge in [-0.1, -0.05) is 35.0 Å². The largest absolute Gasteiger partial charge is 0.381 e. The van der Waals surface area contributed by atoms with Crippen LogP contribution in [0.25, 0.3) is 11.3 Å². The van der Waals surface area contributed by atoms with Gasteiger partial charge in [-0.3, -0.25) is 0 Å². The molecule has 2 rings (SSSR count). The van der Waals surface area contributed by atoms with Crippen molar-refractivity contribution < 1.29 is 4.52 Å². The standard InChI is InChI=1S/C11H12N2O/c1-7-3-5-9(6-4-7)10-8(2)11(12)13-14-10/h3-6H,1-2H3,(H2,12,13). The molecular formula is C11H12N2O. The molecule has 14 heavy (non-hydrogen) atoms. The van der Waals surface area contributed by atoms with E-state index in [1.807, 2.05) is 38.1 Å². The molecule has 2 aromatic rings. The third-order valence-corrected chi connectivity index (χ3v) is 2.27. The van der Waals surface area contributed by atoms with E-state index in [0.29, 0.717) is 5.82 Å². The summed E-state index contributed by atoms with van der Waals surface area (Å²) in [5.41, 5.74) is 8.73. The fraction of sp³-hybridized carbons (Fsp3) is 0.182. The van der Waals surface area contributed by atoms with Crippen LogP contribution < -0.4 is 5.73 Å². The van der Waals surface area contributed by atoms with Gasteiger partial charge in [0.2, 0.25) is 0 Å². The van der Waals surface area contributed by atoms with Crippen molar-refractivity contribution >= 4 is 5.82 Å². The van der Waals surface area contributed by atoms with Gasteiger partial charge in [0.1, 0.15) is 0 Å². The Kier molecular flexibility index (Phi) is 2.00. The van der Waals surface area contributed by atoms with E-state index in [-0.39, 0.29) is 0 Å². The molecule has 0 aliphatic heterocycles.